The Labute approximate surface area is 185 Å². The first kappa shape index (κ1) is 19.3. The van der Waals surface area contributed by atoms with Crippen LogP contribution in [0.15, 0.2) is 59.3 Å². The number of hydrogen-bond donors (Lipinski definition) is 1. The number of fused-ring (bicyclic) bond motifs is 1. The number of carbonyl (C=O) groups excluding carboxylic acids is 1. The van der Waals surface area contributed by atoms with Crippen LogP contribution < -0.4 is 4.90 Å². The van der Waals surface area contributed by atoms with Gasteiger partial charge in [0.15, 0.2) is 11.4 Å². The molecule has 8 nitrogen and oxygen atoms in total. The first-order valence-electron chi connectivity index (χ1n) is 11.1. The summed E-state index contributed by atoms with van der Waals surface area (Å²) in [6, 6.07) is 15.6. The predicted octanol–water partition coefficient (Wildman–Crippen LogP) is 3.50. The number of carbonyl (C=O) groups is 1. The van der Waals surface area contributed by atoms with Crippen LogP contribution in [0.25, 0.3) is 11.3 Å². The third-order valence-electron chi connectivity index (χ3n) is 6.93. The van der Waals surface area contributed by atoms with Crippen molar-refractivity contribution in [2.24, 2.45) is 0 Å². The molecule has 3 aliphatic rings. The fourth-order valence-electron chi connectivity index (χ4n) is 5.27. The number of rotatable bonds is 3. The number of ether oxygens (including phenoxy) is 1. The Kier molecular flexibility index (Phi) is 4.43. The molecule has 3 aliphatic heterocycles. The highest BCUT2D eigenvalue weighted by Crippen LogP contribution is 2.47. The van der Waals surface area contributed by atoms with Crippen LogP contribution in [0, 0.1) is 0 Å². The van der Waals surface area contributed by atoms with Crippen molar-refractivity contribution in [3.63, 3.8) is 0 Å². The standard InChI is InChI=1S/C24H24N4O4/c29-21-14-19(32-26-21)17-6-8-20(25-15-17)27-12-10-24(11-13-27)23(30)28-18(7-9-22(28)31-24)16-4-2-1-3-5-16/h1-6,8,14-15,18,22H,7,9-13H2,(H,26,29)/t18-,22+/m0/s1. The van der Waals surface area contributed by atoms with Gasteiger partial charge in [0.05, 0.1) is 6.04 Å². The quantitative estimate of drug-likeness (QED) is 0.677. The SMILES string of the molecule is O=C1N2[C@@H](CC[C@H]2c2ccccc2)OC12CCN(c1ccc(-c3cc(O)no3)cn1)CC2. The number of aromatic nitrogens is 2. The number of pyridine rings is 1. The molecule has 0 unspecified atom stereocenters. The highest BCUT2D eigenvalue weighted by Gasteiger charge is 2.57. The maximum absolute atomic E-state index is 13.5. The van der Waals surface area contributed by atoms with E-state index in [1.807, 2.05) is 35.2 Å². The van der Waals surface area contributed by atoms with Crippen LogP contribution in [0.4, 0.5) is 5.82 Å². The van der Waals surface area contributed by atoms with Crippen LogP contribution >= 0.6 is 0 Å². The van der Waals surface area contributed by atoms with Crippen molar-refractivity contribution in [2.45, 2.75) is 43.6 Å². The molecule has 1 spiro atoms. The van der Waals surface area contributed by atoms with E-state index in [9.17, 15) is 9.90 Å². The monoisotopic (exact) mass is 432 g/mol. The molecule has 3 aromatic rings. The third kappa shape index (κ3) is 3.05. The Bertz CT molecular complexity index is 1120. The Balaban J connectivity index is 1.15. The molecule has 164 valence electrons. The summed E-state index contributed by atoms with van der Waals surface area (Å²) in [6.45, 7) is 1.41. The number of benzene rings is 1. The Morgan fingerprint density at radius 1 is 1.06 bits per heavy atom. The lowest BCUT2D eigenvalue weighted by atomic mass is 9.89. The van der Waals surface area contributed by atoms with Crippen molar-refractivity contribution >= 4 is 11.7 Å². The summed E-state index contributed by atoms with van der Waals surface area (Å²) in [5, 5.41) is 12.9. The van der Waals surface area contributed by atoms with E-state index in [-0.39, 0.29) is 24.1 Å². The number of nitrogens with zero attached hydrogens (tertiary/aromatic N) is 4. The number of piperidine rings is 1. The zero-order valence-corrected chi connectivity index (χ0v) is 17.6. The van der Waals surface area contributed by atoms with E-state index in [0.29, 0.717) is 31.7 Å². The van der Waals surface area contributed by atoms with E-state index in [1.165, 1.54) is 11.6 Å². The Morgan fingerprint density at radius 3 is 2.56 bits per heavy atom. The minimum atomic E-state index is -0.716. The molecule has 3 saturated heterocycles. The van der Waals surface area contributed by atoms with E-state index in [4.69, 9.17) is 9.26 Å². The molecule has 32 heavy (non-hydrogen) atoms. The van der Waals surface area contributed by atoms with Crippen LogP contribution in [-0.4, -0.2) is 51.0 Å². The molecule has 2 aromatic heterocycles. The van der Waals surface area contributed by atoms with E-state index >= 15 is 0 Å². The highest BCUT2D eigenvalue weighted by atomic mass is 16.6. The minimum Gasteiger partial charge on any atom is -0.491 e. The minimum absolute atomic E-state index is 0.107. The van der Waals surface area contributed by atoms with Gasteiger partial charge in [0.2, 0.25) is 0 Å². The number of amides is 1. The van der Waals surface area contributed by atoms with Gasteiger partial charge in [-0.25, -0.2) is 4.98 Å². The third-order valence-corrected chi connectivity index (χ3v) is 6.93. The summed E-state index contributed by atoms with van der Waals surface area (Å²) in [5.41, 5.74) is 1.22. The molecule has 3 fully saturated rings. The molecular formula is C24H24N4O4. The van der Waals surface area contributed by atoms with Crippen LogP contribution in [0.5, 0.6) is 5.88 Å². The first-order valence-corrected chi connectivity index (χ1v) is 11.1. The van der Waals surface area contributed by atoms with Crippen LogP contribution in [-0.2, 0) is 9.53 Å². The van der Waals surface area contributed by atoms with Crippen molar-refractivity contribution < 1.29 is 19.2 Å². The molecule has 1 aromatic carbocycles. The van der Waals surface area contributed by atoms with E-state index < -0.39 is 5.60 Å². The average Bonchev–Trinajstić information content (AvgIpc) is 3.52. The molecule has 5 heterocycles. The van der Waals surface area contributed by atoms with Crippen molar-refractivity contribution in [3.8, 4) is 17.2 Å². The summed E-state index contributed by atoms with van der Waals surface area (Å²) in [7, 11) is 0. The number of hydrogen-bond acceptors (Lipinski definition) is 7. The second-order valence-electron chi connectivity index (χ2n) is 8.72. The van der Waals surface area contributed by atoms with Gasteiger partial charge in [0.1, 0.15) is 12.0 Å². The maximum atomic E-state index is 13.5. The molecule has 1 N–H and O–H groups in total. The summed E-state index contributed by atoms with van der Waals surface area (Å²) in [6.07, 6.45) is 4.73. The van der Waals surface area contributed by atoms with Crippen LogP contribution in [0.3, 0.4) is 0 Å². The molecule has 8 heteroatoms. The molecule has 2 atom stereocenters. The zero-order chi connectivity index (χ0) is 21.7. The Hall–Kier alpha value is -3.39. The topological polar surface area (TPSA) is 91.9 Å². The van der Waals surface area contributed by atoms with Gasteiger partial charge in [-0.1, -0.05) is 30.3 Å². The molecule has 0 saturated carbocycles. The first-order chi connectivity index (χ1) is 15.6. The summed E-state index contributed by atoms with van der Waals surface area (Å²) in [4.78, 5) is 22.2. The zero-order valence-electron chi connectivity index (χ0n) is 17.6. The molecular weight excluding hydrogens is 408 g/mol. The summed E-state index contributed by atoms with van der Waals surface area (Å²) >= 11 is 0. The molecule has 6 rings (SSSR count). The fraction of sp³-hybridized carbons (Fsp3) is 0.375. The largest absolute Gasteiger partial charge is 0.491 e. The maximum Gasteiger partial charge on any atom is 0.257 e. The molecule has 0 radical (unpaired) electrons. The lowest BCUT2D eigenvalue weighted by Gasteiger charge is -2.38. The van der Waals surface area contributed by atoms with Gasteiger partial charge in [-0.15, -0.1) is 0 Å². The molecule has 0 aliphatic carbocycles. The molecule has 0 bridgehead atoms. The predicted molar refractivity (Wildman–Crippen MR) is 116 cm³/mol. The number of anilines is 1. The normalized spacial score (nSPS) is 24.3. The summed E-state index contributed by atoms with van der Waals surface area (Å²) < 4.78 is 11.5. The number of aromatic hydroxyl groups is 1. The van der Waals surface area contributed by atoms with E-state index in [2.05, 4.69) is 27.2 Å². The highest BCUT2D eigenvalue weighted by molar-refractivity contribution is 5.88. The lowest BCUT2D eigenvalue weighted by Crippen LogP contribution is -2.50. The van der Waals surface area contributed by atoms with E-state index in [0.717, 1.165) is 24.2 Å². The van der Waals surface area contributed by atoms with Crippen molar-refractivity contribution in [1.29, 1.82) is 0 Å². The van der Waals surface area contributed by atoms with Crippen molar-refractivity contribution in [2.75, 3.05) is 18.0 Å². The lowest BCUT2D eigenvalue weighted by molar-refractivity contribution is -0.140. The fourth-order valence-corrected chi connectivity index (χ4v) is 5.27. The van der Waals surface area contributed by atoms with Gasteiger partial charge in [0, 0.05) is 43.8 Å². The summed E-state index contributed by atoms with van der Waals surface area (Å²) in [5.74, 6) is 1.31. The van der Waals surface area contributed by atoms with Crippen molar-refractivity contribution in [3.05, 3.63) is 60.3 Å². The van der Waals surface area contributed by atoms with Crippen LogP contribution in [0.2, 0.25) is 0 Å². The Morgan fingerprint density at radius 2 is 1.88 bits per heavy atom. The van der Waals surface area contributed by atoms with Gasteiger partial charge < -0.3 is 24.2 Å². The van der Waals surface area contributed by atoms with Gasteiger partial charge in [-0.05, 0) is 35.7 Å². The van der Waals surface area contributed by atoms with Gasteiger partial charge in [0.25, 0.3) is 11.8 Å². The van der Waals surface area contributed by atoms with Gasteiger partial charge >= 0.3 is 0 Å². The van der Waals surface area contributed by atoms with Crippen LogP contribution in [0.1, 0.15) is 37.3 Å². The van der Waals surface area contributed by atoms with E-state index in [1.54, 1.807) is 6.20 Å². The van der Waals surface area contributed by atoms with Gasteiger partial charge in [-0.2, -0.15) is 0 Å². The molecule has 1 amide bonds. The second-order valence-corrected chi connectivity index (χ2v) is 8.72. The van der Waals surface area contributed by atoms with Crippen molar-refractivity contribution in [1.82, 2.24) is 15.0 Å². The second kappa shape index (κ2) is 7.34. The average molecular weight is 432 g/mol. The smallest absolute Gasteiger partial charge is 0.257 e. The van der Waals surface area contributed by atoms with Gasteiger partial charge in [-0.3, -0.25) is 4.79 Å².